The van der Waals surface area contributed by atoms with Crippen molar-refractivity contribution in [2.75, 3.05) is 0 Å². The third-order valence-corrected chi connectivity index (χ3v) is 13.1. The summed E-state index contributed by atoms with van der Waals surface area (Å²) < 4.78 is 83.4. The normalized spacial score (nSPS) is 22.4. The van der Waals surface area contributed by atoms with Crippen molar-refractivity contribution in [1.29, 1.82) is 0 Å². The van der Waals surface area contributed by atoms with Crippen LogP contribution in [0, 0.1) is 49.5 Å². The predicted molar refractivity (Wildman–Crippen MR) is 216 cm³/mol. The average Bonchev–Trinajstić information content (AvgIpc) is 3.59. The van der Waals surface area contributed by atoms with Crippen LogP contribution in [0.1, 0.15) is 82.0 Å². The number of fused-ring (bicyclic) bond motifs is 6. The van der Waals surface area contributed by atoms with Crippen LogP contribution in [0.2, 0.25) is 19.6 Å². The molecule has 2 aromatic carbocycles. The molecule has 3 saturated carbocycles. The van der Waals surface area contributed by atoms with Crippen molar-refractivity contribution in [1.82, 2.24) is 15.0 Å². The fourth-order valence-electron chi connectivity index (χ4n) is 7.50. The second-order valence-electron chi connectivity index (χ2n) is 15.1. The summed E-state index contributed by atoms with van der Waals surface area (Å²) >= 11 is 1.22. The number of nitrogens with zero attached hydrogens (tertiary/aromatic N) is 3. The van der Waals surface area contributed by atoms with Crippen LogP contribution in [0.15, 0.2) is 73.1 Å². The molecule has 267 valence electrons. The van der Waals surface area contributed by atoms with E-state index < -0.39 is 34.5 Å². The van der Waals surface area contributed by atoms with Crippen LogP contribution in [0.4, 0.5) is 0 Å². The maximum atomic E-state index is 9.12. The van der Waals surface area contributed by atoms with Crippen molar-refractivity contribution in [2.24, 2.45) is 23.7 Å². The van der Waals surface area contributed by atoms with Crippen molar-refractivity contribution in [3.8, 4) is 22.5 Å². The zero-order valence-corrected chi connectivity index (χ0v) is 34.1. The Bertz CT molecular complexity index is 2510. The molecule has 1 unspecified atom stereocenters. The Morgan fingerprint density at radius 2 is 1.82 bits per heavy atom. The zero-order valence-electron chi connectivity index (χ0n) is 39.9. The average molecular weight is 896 g/mol. The fraction of sp³-hybridized carbons (Fsp3) is 0.400. The van der Waals surface area contributed by atoms with Gasteiger partial charge in [0, 0.05) is 57.3 Å². The molecule has 3 aliphatic carbocycles. The number of hydrogen-bond donors (Lipinski definition) is 0. The zero-order chi connectivity index (χ0) is 43.6. The minimum absolute atomic E-state index is 0. The number of pyridine rings is 3. The predicted octanol–water partition coefficient (Wildman–Crippen LogP) is 11.6. The second kappa shape index (κ2) is 15.9. The number of benzene rings is 2. The number of hydrogen-bond acceptors (Lipinski definition) is 4. The van der Waals surface area contributed by atoms with E-state index in [1.54, 1.807) is 24.4 Å². The summed E-state index contributed by atoms with van der Waals surface area (Å²) in [6.07, 6.45) is 6.12. The summed E-state index contributed by atoms with van der Waals surface area (Å²) in [5.74, 6) is 0.883. The first kappa shape index (κ1) is 26.7. The molecule has 9 rings (SSSR count). The van der Waals surface area contributed by atoms with E-state index in [9.17, 15) is 0 Å². The van der Waals surface area contributed by atoms with Gasteiger partial charge in [0.1, 0.15) is 4.83 Å². The van der Waals surface area contributed by atoms with Gasteiger partial charge in [0.2, 0.25) is 0 Å². The Morgan fingerprint density at radius 3 is 2.51 bits per heavy atom. The second-order valence-corrected chi connectivity index (χ2v) is 21.1. The van der Waals surface area contributed by atoms with Gasteiger partial charge >= 0.3 is 0 Å². The fourth-order valence-corrected chi connectivity index (χ4v) is 10.1. The topological polar surface area (TPSA) is 38.7 Å². The van der Waals surface area contributed by atoms with Crippen LogP contribution in [-0.2, 0) is 32.9 Å². The van der Waals surface area contributed by atoms with Crippen LogP contribution in [0.3, 0.4) is 0 Å². The number of rotatable bonds is 7. The first-order chi connectivity index (χ1) is 28.0. The van der Waals surface area contributed by atoms with E-state index in [2.05, 4.69) is 46.7 Å². The van der Waals surface area contributed by atoms with Crippen LogP contribution in [-0.4, -0.2) is 23.0 Å². The molecule has 4 heterocycles. The van der Waals surface area contributed by atoms with Gasteiger partial charge in [0.15, 0.2) is 0 Å². The van der Waals surface area contributed by atoms with Crippen LogP contribution in [0.25, 0.3) is 42.8 Å². The van der Waals surface area contributed by atoms with Crippen molar-refractivity contribution in [3.63, 3.8) is 0 Å². The van der Waals surface area contributed by atoms with Gasteiger partial charge in [-0.1, -0.05) is 87.9 Å². The molecule has 6 aromatic rings. The van der Waals surface area contributed by atoms with E-state index in [-0.39, 0.29) is 43.2 Å². The standard InChI is InChI=1S/C27H27N2S.C18H24NSi.Ir/c1-16-3-9-22(26-25(16)23-10-4-17(2)29-27(23)30-26)24-15-19(11-12-28-24)14-21-13-18-5-7-20(21)8-6-18;1-14(2)11-16-12-17(15-9-7-6-8-10-15)19-13-18(16)20(3,4)5;/h3-4,10-12,15,18,20-21H,5-8,13-14H2,1-2H3;6-9,12-14H,11H2,1-5H3;/q2*-1;/i1D3,2D3,14D2;11D2;. The Labute approximate surface area is 338 Å². The molecule has 0 saturated heterocycles. The van der Waals surface area contributed by atoms with Crippen molar-refractivity contribution in [3.05, 3.63) is 108 Å². The number of aryl methyl sites for hydroxylation is 2. The largest absolute Gasteiger partial charge is 0.305 e. The number of aromatic nitrogens is 3. The molecule has 3 fully saturated rings. The molecule has 1 atom stereocenters. The van der Waals surface area contributed by atoms with Gasteiger partial charge in [-0.15, -0.1) is 59.2 Å². The molecule has 3 aliphatic rings. The molecule has 4 aromatic heterocycles. The number of thiophene rings is 1. The van der Waals surface area contributed by atoms with Gasteiger partial charge in [0.25, 0.3) is 0 Å². The Morgan fingerprint density at radius 1 is 0.980 bits per heavy atom. The summed E-state index contributed by atoms with van der Waals surface area (Å²) in [6, 6.07) is 24.0. The molecule has 6 heteroatoms. The molecule has 3 nitrogen and oxygen atoms in total. The van der Waals surface area contributed by atoms with E-state index >= 15 is 0 Å². The molecular formula is C45H51IrN3SSi-2. The summed E-state index contributed by atoms with van der Waals surface area (Å²) in [7, 11) is -1.67. The molecule has 0 aliphatic heterocycles. The maximum Gasteiger partial charge on any atom is 0.114 e. The Kier molecular flexibility index (Phi) is 8.33. The van der Waals surface area contributed by atoms with E-state index in [4.69, 9.17) is 13.7 Å². The molecule has 0 amide bonds. The summed E-state index contributed by atoms with van der Waals surface area (Å²) in [6.45, 7) is 5.78. The monoisotopic (exact) mass is 896 g/mol. The minimum atomic E-state index is -2.41. The van der Waals surface area contributed by atoms with E-state index in [0.29, 0.717) is 49.0 Å². The van der Waals surface area contributed by atoms with Gasteiger partial charge in [-0.2, -0.15) is 11.3 Å². The van der Waals surface area contributed by atoms with E-state index in [1.807, 2.05) is 50.4 Å². The van der Waals surface area contributed by atoms with E-state index in [0.717, 1.165) is 41.3 Å². The van der Waals surface area contributed by atoms with Crippen molar-refractivity contribution >= 4 is 44.9 Å². The quantitative estimate of drug-likeness (QED) is 0.118. The third-order valence-electron chi connectivity index (χ3n) is 9.97. The SMILES string of the molecule is [2H]C([2H])([2H])c1ccc2c(n1)sc1c(-c3cc(C([2H])([2H])C4CC5CCC4CC5)ccn3)[c-]cc(C([2H])([2H])[2H])c12.[2H]C([2H])(c1cc(-c2[c-]cccc2)ncc1[Si](C)(C)C)C(C)C.[Ir]. The maximum absolute atomic E-state index is 9.12. The first-order valence-corrected chi connectivity index (χ1v) is 22.0. The molecule has 51 heavy (non-hydrogen) atoms. The molecular weight excluding hydrogens is 835 g/mol. The van der Waals surface area contributed by atoms with Crippen LogP contribution in [0.5, 0.6) is 0 Å². The Hall–Kier alpha value is -3.02. The van der Waals surface area contributed by atoms with Crippen LogP contribution >= 0.6 is 11.3 Å². The van der Waals surface area contributed by atoms with Gasteiger partial charge < -0.3 is 9.97 Å². The van der Waals surface area contributed by atoms with Gasteiger partial charge in [-0.3, -0.25) is 0 Å². The molecule has 0 N–H and O–H groups in total. The molecule has 1 radical (unpaired) electrons. The van der Waals surface area contributed by atoms with Gasteiger partial charge in [-0.05, 0) is 95.9 Å². The first-order valence-electron chi connectivity index (χ1n) is 22.7. The van der Waals surface area contributed by atoms with Gasteiger partial charge in [0.05, 0.1) is 8.07 Å². The minimum Gasteiger partial charge on any atom is -0.305 e. The summed E-state index contributed by atoms with van der Waals surface area (Å²) in [5.41, 5.74) is 4.22. The van der Waals surface area contributed by atoms with Crippen LogP contribution < -0.4 is 5.19 Å². The molecule has 0 spiro atoms. The summed E-state index contributed by atoms with van der Waals surface area (Å²) in [5, 5.41) is 2.16. The van der Waals surface area contributed by atoms with Gasteiger partial charge in [-0.25, -0.2) is 4.98 Å². The Balaban J connectivity index is 0.000000232. The van der Waals surface area contributed by atoms with E-state index in [1.165, 1.54) is 36.3 Å². The molecule has 2 bridgehead atoms. The van der Waals surface area contributed by atoms with Crippen molar-refractivity contribution in [2.45, 2.75) is 92.0 Å². The third kappa shape index (κ3) is 8.46. The smallest absolute Gasteiger partial charge is 0.114 e. The summed E-state index contributed by atoms with van der Waals surface area (Å²) in [4.78, 5) is 13.9. The van der Waals surface area contributed by atoms with Crippen molar-refractivity contribution < 1.29 is 33.8 Å².